The van der Waals surface area contributed by atoms with Crippen LogP contribution in [-0.2, 0) is 16.5 Å². The van der Waals surface area contributed by atoms with Crippen molar-refractivity contribution in [3.63, 3.8) is 0 Å². The Bertz CT molecular complexity index is 644. The van der Waals surface area contributed by atoms with Crippen LogP contribution in [0.2, 0.25) is 0 Å². The largest absolute Gasteiger partial charge is 0.347 e. The van der Waals surface area contributed by atoms with Crippen LogP contribution in [0.25, 0.3) is 11.3 Å². The Labute approximate surface area is 131 Å². The summed E-state index contributed by atoms with van der Waals surface area (Å²) >= 11 is 0. The predicted octanol–water partition coefficient (Wildman–Crippen LogP) is 3.84. The van der Waals surface area contributed by atoms with Gasteiger partial charge in [0.2, 0.25) is 0 Å². The predicted molar refractivity (Wildman–Crippen MR) is 84.2 cm³/mol. The highest BCUT2D eigenvalue weighted by atomic mass is 16.7. The van der Waals surface area contributed by atoms with Crippen molar-refractivity contribution in [1.82, 2.24) is 9.78 Å². The molecule has 1 aromatic carbocycles. The molecule has 2 fully saturated rings. The summed E-state index contributed by atoms with van der Waals surface area (Å²) in [5, 5.41) is 4.64. The summed E-state index contributed by atoms with van der Waals surface area (Å²) in [6.45, 7) is 0.633. The molecule has 4 rings (SSSR count). The van der Waals surface area contributed by atoms with Gasteiger partial charge in [0.05, 0.1) is 18.0 Å². The molecule has 1 saturated heterocycles. The lowest BCUT2D eigenvalue weighted by Crippen LogP contribution is -2.32. The molecule has 1 aromatic heterocycles. The summed E-state index contributed by atoms with van der Waals surface area (Å²) in [5.74, 6) is -0.333. The van der Waals surface area contributed by atoms with Crippen LogP contribution in [0.1, 0.15) is 43.9 Å². The Hall–Kier alpha value is -1.65. The molecule has 1 aliphatic heterocycles. The van der Waals surface area contributed by atoms with Crippen LogP contribution in [0.15, 0.2) is 36.4 Å². The molecule has 0 amide bonds. The van der Waals surface area contributed by atoms with E-state index >= 15 is 0 Å². The Morgan fingerprint density at radius 1 is 1.14 bits per heavy atom. The maximum absolute atomic E-state index is 6.32. The molecule has 0 N–H and O–H groups in total. The van der Waals surface area contributed by atoms with E-state index in [0.29, 0.717) is 6.61 Å². The number of hydrogen-bond acceptors (Lipinski definition) is 3. The van der Waals surface area contributed by atoms with Crippen LogP contribution in [0.3, 0.4) is 0 Å². The van der Waals surface area contributed by atoms with Gasteiger partial charge in [-0.25, -0.2) is 0 Å². The molecule has 1 saturated carbocycles. The van der Waals surface area contributed by atoms with Crippen LogP contribution in [-0.4, -0.2) is 22.2 Å². The molecular formula is C18H22N2O2. The van der Waals surface area contributed by atoms with Crippen molar-refractivity contribution < 1.29 is 9.47 Å². The smallest absolute Gasteiger partial charge is 0.169 e. The molecule has 1 spiro atoms. The molecule has 1 aliphatic carbocycles. The molecule has 2 heterocycles. The van der Waals surface area contributed by atoms with E-state index in [2.05, 4.69) is 23.3 Å². The van der Waals surface area contributed by atoms with Crippen LogP contribution < -0.4 is 0 Å². The summed E-state index contributed by atoms with van der Waals surface area (Å²) in [4.78, 5) is 0. The van der Waals surface area contributed by atoms with Crippen molar-refractivity contribution in [2.24, 2.45) is 7.05 Å². The fraction of sp³-hybridized carbons (Fsp3) is 0.500. The van der Waals surface area contributed by atoms with Gasteiger partial charge in [-0.2, -0.15) is 5.10 Å². The standard InChI is InChI=1S/C18H22N2O2/c1-20-16(12-15(19-20)14-8-4-2-5-9-14)17-13-21-18(22-17)10-6-3-7-11-18/h2,4-5,8-9,12,17H,3,6-7,10-11,13H2,1H3. The van der Waals surface area contributed by atoms with Gasteiger partial charge < -0.3 is 9.47 Å². The molecule has 4 heteroatoms. The summed E-state index contributed by atoms with van der Waals surface area (Å²) in [6, 6.07) is 12.4. The number of nitrogens with zero attached hydrogens (tertiary/aromatic N) is 2. The molecule has 22 heavy (non-hydrogen) atoms. The third-order valence-corrected chi connectivity index (χ3v) is 4.79. The lowest BCUT2D eigenvalue weighted by Gasteiger charge is -2.31. The maximum atomic E-state index is 6.32. The fourth-order valence-electron chi connectivity index (χ4n) is 3.59. The van der Waals surface area contributed by atoms with Gasteiger partial charge in [-0.15, -0.1) is 0 Å². The molecule has 2 aliphatic rings. The van der Waals surface area contributed by atoms with E-state index in [1.54, 1.807) is 0 Å². The average Bonchev–Trinajstić information content (AvgIpc) is 3.13. The minimum atomic E-state index is -0.333. The first-order chi connectivity index (χ1) is 10.8. The highest BCUT2D eigenvalue weighted by Crippen LogP contribution is 2.42. The number of aromatic nitrogens is 2. The highest BCUT2D eigenvalue weighted by Gasteiger charge is 2.43. The first-order valence-corrected chi connectivity index (χ1v) is 8.17. The fourth-order valence-corrected chi connectivity index (χ4v) is 3.59. The van der Waals surface area contributed by atoms with Crippen molar-refractivity contribution in [2.45, 2.75) is 44.0 Å². The van der Waals surface area contributed by atoms with Crippen molar-refractivity contribution in [3.8, 4) is 11.3 Å². The molecule has 0 radical (unpaired) electrons. The second kappa shape index (κ2) is 5.52. The summed E-state index contributed by atoms with van der Waals surface area (Å²) in [5.41, 5.74) is 3.23. The highest BCUT2D eigenvalue weighted by molar-refractivity contribution is 5.59. The van der Waals surface area contributed by atoms with Gasteiger partial charge in [-0.3, -0.25) is 4.68 Å². The summed E-state index contributed by atoms with van der Waals surface area (Å²) in [7, 11) is 1.98. The molecule has 2 aromatic rings. The van der Waals surface area contributed by atoms with Crippen LogP contribution in [0.5, 0.6) is 0 Å². The van der Waals surface area contributed by atoms with E-state index in [4.69, 9.17) is 9.47 Å². The number of rotatable bonds is 2. The van der Waals surface area contributed by atoms with Gasteiger partial charge in [0, 0.05) is 25.5 Å². The number of aryl methyl sites for hydroxylation is 1. The third-order valence-electron chi connectivity index (χ3n) is 4.79. The first kappa shape index (κ1) is 14.0. The van der Waals surface area contributed by atoms with Gasteiger partial charge in [-0.1, -0.05) is 36.8 Å². The van der Waals surface area contributed by atoms with Gasteiger partial charge >= 0.3 is 0 Å². The van der Waals surface area contributed by atoms with Crippen molar-refractivity contribution in [1.29, 1.82) is 0 Å². The monoisotopic (exact) mass is 298 g/mol. The Morgan fingerprint density at radius 2 is 1.91 bits per heavy atom. The second-order valence-electron chi connectivity index (χ2n) is 6.33. The van der Waals surface area contributed by atoms with E-state index in [1.807, 2.05) is 29.9 Å². The summed E-state index contributed by atoms with van der Waals surface area (Å²) in [6.07, 6.45) is 5.73. The summed E-state index contributed by atoms with van der Waals surface area (Å²) < 4.78 is 14.3. The third kappa shape index (κ3) is 2.46. The van der Waals surface area contributed by atoms with Crippen LogP contribution in [0.4, 0.5) is 0 Å². The molecule has 1 unspecified atom stereocenters. The zero-order chi connectivity index (χ0) is 15.0. The number of hydrogen-bond donors (Lipinski definition) is 0. The van der Waals surface area contributed by atoms with E-state index in [0.717, 1.165) is 29.8 Å². The number of ether oxygens (including phenoxy) is 2. The second-order valence-corrected chi connectivity index (χ2v) is 6.33. The van der Waals surface area contributed by atoms with Crippen molar-refractivity contribution in [3.05, 3.63) is 42.1 Å². The van der Waals surface area contributed by atoms with Crippen molar-refractivity contribution in [2.75, 3.05) is 6.61 Å². The normalized spacial score (nSPS) is 24.0. The van der Waals surface area contributed by atoms with Gasteiger partial charge in [-0.05, 0) is 18.9 Å². The minimum absolute atomic E-state index is 0.00642. The van der Waals surface area contributed by atoms with E-state index in [9.17, 15) is 0 Å². The average molecular weight is 298 g/mol. The number of benzene rings is 1. The topological polar surface area (TPSA) is 36.3 Å². The SMILES string of the molecule is Cn1nc(-c2ccccc2)cc1C1COC2(CCCCC2)O1. The lowest BCUT2D eigenvalue weighted by atomic mass is 9.94. The lowest BCUT2D eigenvalue weighted by molar-refractivity contribution is -0.188. The Morgan fingerprint density at radius 3 is 2.68 bits per heavy atom. The minimum Gasteiger partial charge on any atom is -0.347 e. The molecule has 1 atom stereocenters. The molecular weight excluding hydrogens is 276 g/mol. The van der Waals surface area contributed by atoms with Gasteiger partial charge in [0.1, 0.15) is 6.10 Å². The van der Waals surface area contributed by atoms with E-state index in [1.165, 1.54) is 19.3 Å². The van der Waals surface area contributed by atoms with Gasteiger partial charge in [0.25, 0.3) is 0 Å². The quantitative estimate of drug-likeness (QED) is 0.845. The van der Waals surface area contributed by atoms with Gasteiger partial charge in [0.15, 0.2) is 5.79 Å². The zero-order valence-corrected chi connectivity index (χ0v) is 13.0. The zero-order valence-electron chi connectivity index (χ0n) is 13.0. The molecule has 116 valence electrons. The van der Waals surface area contributed by atoms with Crippen molar-refractivity contribution >= 4 is 0 Å². The molecule has 0 bridgehead atoms. The maximum Gasteiger partial charge on any atom is 0.169 e. The van der Waals surface area contributed by atoms with E-state index < -0.39 is 0 Å². The Balaban J connectivity index is 1.57. The van der Waals surface area contributed by atoms with Crippen LogP contribution in [0, 0.1) is 0 Å². The first-order valence-electron chi connectivity index (χ1n) is 8.17. The van der Waals surface area contributed by atoms with Crippen LogP contribution >= 0.6 is 0 Å². The van der Waals surface area contributed by atoms with E-state index in [-0.39, 0.29) is 11.9 Å². The Kier molecular flexibility index (Phi) is 3.51. The molecule has 4 nitrogen and oxygen atoms in total.